The van der Waals surface area contributed by atoms with Crippen LogP contribution in [0, 0.1) is 5.92 Å². The summed E-state index contributed by atoms with van der Waals surface area (Å²) in [5.41, 5.74) is 1.50. The smallest absolute Gasteiger partial charge is 0.0876 e. The van der Waals surface area contributed by atoms with Crippen LogP contribution in [0.5, 0.6) is 0 Å². The summed E-state index contributed by atoms with van der Waals surface area (Å²) in [6, 6.07) is 0.567. The molecule has 104 valence electrons. The highest BCUT2D eigenvalue weighted by Gasteiger charge is 2.19. The molecule has 0 aromatic heterocycles. The fourth-order valence-electron chi connectivity index (χ4n) is 3.38. The van der Waals surface area contributed by atoms with Crippen molar-refractivity contribution in [3.8, 4) is 0 Å². The molecule has 2 nitrogen and oxygen atoms in total. The second-order valence-electron chi connectivity index (χ2n) is 5.86. The van der Waals surface area contributed by atoms with Crippen LogP contribution >= 0.6 is 0 Å². The SMILES string of the molecule is CCNC(CCC1CCCCC1)C1=COCCC1. The largest absolute Gasteiger partial charge is 0.501 e. The van der Waals surface area contributed by atoms with E-state index in [0.29, 0.717) is 6.04 Å². The number of likely N-dealkylation sites (N-methyl/N-ethyl adjacent to an activating group) is 1. The highest BCUT2D eigenvalue weighted by atomic mass is 16.5. The van der Waals surface area contributed by atoms with Gasteiger partial charge in [0.1, 0.15) is 0 Å². The monoisotopic (exact) mass is 251 g/mol. The third-order valence-electron chi connectivity index (χ3n) is 4.45. The molecule has 2 aliphatic rings. The summed E-state index contributed by atoms with van der Waals surface area (Å²) in [6.45, 7) is 4.18. The van der Waals surface area contributed by atoms with E-state index in [9.17, 15) is 0 Å². The molecule has 1 unspecified atom stereocenters. The Hall–Kier alpha value is -0.500. The molecule has 18 heavy (non-hydrogen) atoms. The number of hydrogen-bond acceptors (Lipinski definition) is 2. The predicted molar refractivity (Wildman–Crippen MR) is 76.5 cm³/mol. The highest BCUT2D eigenvalue weighted by molar-refractivity contribution is 5.09. The zero-order valence-electron chi connectivity index (χ0n) is 11.9. The van der Waals surface area contributed by atoms with E-state index in [1.807, 2.05) is 6.26 Å². The minimum Gasteiger partial charge on any atom is -0.501 e. The first-order chi connectivity index (χ1) is 8.90. The molecule has 0 bridgehead atoms. The van der Waals surface area contributed by atoms with Crippen LogP contribution < -0.4 is 5.32 Å². The van der Waals surface area contributed by atoms with E-state index in [2.05, 4.69) is 12.2 Å². The molecule has 1 N–H and O–H groups in total. The van der Waals surface area contributed by atoms with E-state index in [4.69, 9.17) is 4.74 Å². The molecule has 2 rings (SSSR count). The Bertz CT molecular complexity index is 256. The van der Waals surface area contributed by atoms with Gasteiger partial charge in [-0.15, -0.1) is 0 Å². The average Bonchev–Trinajstić information content (AvgIpc) is 2.45. The molecular weight excluding hydrogens is 222 g/mol. The zero-order valence-corrected chi connectivity index (χ0v) is 11.9. The van der Waals surface area contributed by atoms with Crippen LogP contribution in [0.1, 0.15) is 64.7 Å². The van der Waals surface area contributed by atoms with Gasteiger partial charge in [-0.25, -0.2) is 0 Å². The van der Waals surface area contributed by atoms with Gasteiger partial charge >= 0.3 is 0 Å². The average molecular weight is 251 g/mol. The Balaban J connectivity index is 1.79. The van der Waals surface area contributed by atoms with Crippen molar-refractivity contribution in [2.75, 3.05) is 13.2 Å². The normalized spacial score (nSPS) is 23.3. The molecule has 1 aliphatic heterocycles. The Morgan fingerprint density at radius 3 is 2.78 bits per heavy atom. The maximum Gasteiger partial charge on any atom is 0.0876 e. The molecule has 1 saturated carbocycles. The van der Waals surface area contributed by atoms with Gasteiger partial charge in [0.2, 0.25) is 0 Å². The molecule has 1 fully saturated rings. The zero-order chi connectivity index (χ0) is 12.6. The van der Waals surface area contributed by atoms with Crippen molar-refractivity contribution in [1.29, 1.82) is 0 Å². The predicted octanol–water partition coefficient (Wildman–Crippen LogP) is 4.02. The Kier molecular flexibility index (Phi) is 6.06. The van der Waals surface area contributed by atoms with Crippen molar-refractivity contribution in [2.45, 2.75) is 70.8 Å². The van der Waals surface area contributed by atoms with Gasteiger partial charge in [-0.3, -0.25) is 0 Å². The maximum atomic E-state index is 5.50. The molecule has 0 amide bonds. The molecular formula is C16H29NO. The Morgan fingerprint density at radius 2 is 2.11 bits per heavy atom. The Labute approximate surface area is 112 Å². The number of ether oxygens (including phenoxy) is 1. The quantitative estimate of drug-likeness (QED) is 0.770. The van der Waals surface area contributed by atoms with Gasteiger partial charge in [-0.05, 0) is 43.7 Å². The Morgan fingerprint density at radius 1 is 1.28 bits per heavy atom. The van der Waals surface area contributed by atoms with Crippen LogP contribution in [-0.2, 0) is 4.74 Å². The summed E-state index contributed by atoms with van der Waals surface area (Å²) in [5, 5.41) is 3.64. The molecule has 0 spiro atoms. The van der Waals surface area contributed by atoms with E-state index in [-0.39, 0.29) is 0 Å². The van der Waals surface area contributed by atoms with Crippen molar-refractivity contribution in [3.05, 3.63) is 11.8 Å². The number of rotatable bonds is 6. The number of hydrogen-bond donors (Lipinski definition) is 1. The summed E-state index contributed by atoms with van der Waals surface area (Å²) in [6.07, 6.45) is 14.5. The topological polar surface area (TPSA) is 21.3 Å². The lowest BCUT2D eigenvalue weighted by Crippen LogP contribution is -2.32. The second-order valence-corrected chi connectivity index (χ2v) is 5.86. The van der Waals surface area contributed by atoms with E-state index in [0.717, 1.165) is 19.1 Å². The van der Waals surface area contributed by atoms with Crippen LogP contribution in [0.4, 0.5) is 0 Å². The third-order valence-corrected chi connectivity index (χ3v) is 4.45. The van der Waals surface area contributed by atoms with Crippen molar-refractivity contribution < 1.29 is 4.74 Å². The second kappa shape index (κ2) is 7.83. The van der Waals surface area contributed by atoms with Gasteiger partial charge in [0.15, 0.2) is 0 Å². The standard InChI is InChI=1S/C16H29NO/c1-2-17-16(15-9-6-12-18-13-15)11-10-14-7-4-3-5-8-14/h13-14,16-17H,2-12H2,1H3. The van der Waals surface area contributed by atoms with E-state index in [1.54, 1.807) is 0 Å². The van der Waals surface area contributed by atoms with Gasteiger partial charge in [0.05, 0.1) is 12.9 Å². The molecule has 1 aliphatic carbocycles. The van der Waals surface area contributed by atoms with Crippen molar-refractivity contribution in [2.24, 2.45) is 5.92 Å². The summed E-state index contributed by atoms with van der Waals surface area (Å²) in [4.78, 5) is 0. The third kappa shape index (κ3) is 4.31. The van der Waals surface area contributed by atoms with Gasteiger partial charge in [0.25, 0.3) is 0 Å². The first-order valence-corrected chi connectivity index (χ1v) is 7.94. The number of nitrogens with one attached hydrogen (secondary N) is 1. The molecule has 0 saturated heterocycles. The van der Waals surface area contributed by atoms with E-state index < -0.39 is 0 Å². The van der Waals surface area contributed by atoms with Gasteiger partial charge < -0.3 is 10.1 Å². The molecule has 2 heteroatoms. The van der Waals surface area contributed by atoms with Crippen LogP contribution in [0.2, 0.25) is 0 Å². The lowest BCUT2D eigenvalue weighted by Gasteiger charge is -2.27. The lowest BCUT2D eigenvalue weighted by molar-refractivity contribution is 0.217. The van der Waals surface area contributed by atoms with Gasteiger partial charge in [0, 0.05) is 6.04 Å². The summed E-state index contributed by atoms with van der Waals surface area (Å²) >= 11 is 0. The summed E-state index contributed by atoms with van der Waals surface area (Å²) in [7, 11) is 0. The van der Waals surface area contributed by atoms with Crippen molar-refractivity contribution in [1.82, 2.24) is 5.32 Å². The molecule has 0 aromatic carbocycles. The summed E-state index contributed by atoms with van der Waals surface area (Å²) in [5.74, 6) is 0.991. The fourth-order valence-corrected chi connectivity index (χ4v) is 3.38. The first-order valence-electron chi connectivity index (χ1n) is 7.94. The molecule has 1 heterocycles. The molecule has 0 radical (unpaired) electrons. The van der Waals surface area contributed by atoms with Gasteiger partial charge in [-0.2, -0.15) is 0 Å². The van der Waals surface area contributed by atoms with E-state index in [1.165, 1.54) is 63.4 Å². The molecule has 0 aromatic rings. The first kappa shape index (κ1) is 13.9. The fraction of sp³-hybridized carbons (Fsp3) is 0.875. The van der Waals surface area contributed by atoms with Crippen molar-refractivity contribution in [3.63, 3.8) is 0 Å². The minimum atomic E-state index is 0.567. The van der Waals surface area contributed by atoms with Crippen LogP contribution in [-0.4, -0.2) is 19.2 Å². The summed E-state index contributed by atoms with van der Waals surface area (Å²) < 4.78 is 5.50. The van der Waals surface area contributed by atoms with Crippen LogP contribution in [0.25, 0.3) is 0 Å². The van der Waals surface area contributed by atoms with E-state index >= 15 is 0 Å². The maximum absolute atomic E-state index is 5.50. The highest BCUT2D eigenvalue weighted by Crippen LogP contribution is 2.29. The minimum absolute atomic E-state index is 0.567. The van der Waals surface area contributed by atoms with Gasteiger partial charge in [-0.1, -0.05) is 39.0 Å². The molecule has 1 atom stereocenters. The van der Waals surface area contributed by atoms with Crippen LogP contribution in [0.15, 0.2) is 11.8 Å². The van der Waals surface area contributed by atoms with Crippen LogP contribution in [0.3, 0.4) is 0 Å². The van der Waals surface area contributed by atoms with Crippen molar-refractivity contribution >= 4 is 0 Å². The lowest BCUT2D eigenvalue weighted by atomic mass is 9.84.